The van der Waals surface area contributed by atoms with Gasteiger partial charge in [-0.3, -0.25) is 4.79 Å². The number of hydrogen-bond acceptors (Lipinski definition) is 7. The molecular weight excluding hydrogens is 357 g/mol. The number of sulfonamides is 1. The van der Waals surface area contributed by atoms with Gasteiger partial charge in [0.15, 0.2) is 0 Å². The van der Waals surface area contributed by atoms with Crippen LogP contribution >= 0.6 is 0 Å². The molecule has 0 saturated carbocycles. The molecule has 0 atom stereocenters. The molecular formula is C15H14FNO7S. The Hall–Kier alpha value is -2.72. The lowest BCUT2D eigenvalue weighted by molar-refractivity contribution is -0.144. The van der Waals surface area contributed by atoms with E-state index in [1.165, 1.54) is 19.2 Å². The lowest BCUT2D eigenvalue weighted by atomic mass is 10.4. The molecule has 0 aliphatic rings. The molecule has 0 unspecified atom stereocenters. The van der Waals surface area contributed by atoms with Crippen molar-refractivity contribution in [3.8, 4) is 0 Å². The Balaban J connectivity index is 1.85. The summed E-state index contributed by atoms with van der Waals surface area (Å²) >= 11 is 0. The third-order valence-electron chi connectivity index (χ3n) is 2.95. The minimum absolute atomic E-state index is 0.0504. The van der Waals surface area contributed by atoms with Crippen LogP contribution in [0.3, 0.4) is 0 Å². The van der Waals surface area contributed by atoms with Crippen LogP contribution in [0.2, 0.25) is 0 Å². The van der Waals surface area contributed by atoms with E-state index in [1.54, 1.807) is 0 Å². The molecule has 1 heterocycles. The molecule has 0 spiro atoms. The van der Waals surface area contributed by atoms with Crippen LogP contribution in [0.5, 0.6) is 0 Å². The zero-order chi connectivity index (χ0) is 18.4. The molecule has 0 fully saturated rings. The van der Waals surface area contributed by atoms with Crippen LogP contribution in [-0.4, -0.2) is 34.0 Å². The number of halogens is 1. The number of furan rings is 1. The molecule has 2 aromatic rings. The van der Waals surface area contributed by atoms with Gasteiger partial charge in [-0.15, -0.1) is 0 Å². The summed E-state index contributed by atoms with van der Waals surface area (Å²) in [5.74, 6) is -1.98. The topological polar surface area (TPSA) is 112 Å². The number of hydrogen-bond donors (Lipinski definition) is 1. The predicted molar refractivity (Wildman–Crippen MR) is 81.4 cm³/mol. The lowest BCUT2D eigenvalue weighted by Crippen LogP contribution is -2.30. The molecule has 134 valence electrons. The Morgan fingerprint density at radius 2 is 1.84 bits per heavy atom. The summed E-state index contributed by atoms with van der Waals surface area (Å²) in [7, 11) is -2.78. The summed E-state index contributed by atoms with van der Waals surface area (Å²) in [5, 5.41) is 0. The van der Waals surface area contributed by atoms with Crippen LogP contribution in [0, 0.1) is 5.82 Å². The maximum absolute atomic E-state index is 12.8. The van der Waals surface area contributed by atoms with Crippen LogP contribution in [0.1, 0.15) is 16.3 Å². The summed E-state index contributed by atoms with van der Waals surface area (Å²) in [6.07, 6.45) is 0. The fourth-order valence-corrected chi connectivity index (χ4v) is 2.69. The molecule has 0 aliphatic heterocycles. The van der Waals surface area contributed by atoms with Crippen LogP contribution in [0.4, 0.5) is 4.39 Å². The smallest absolute Gasteiger partial charge is 0.373 e. The number of methoxy groups -OCH3 is 1. The van der Waals surface area contributed by atoms with E-state index in [4.69, 9.17) is 9.15 Å². The van der Waals surface area contributed by atoms with Crippen LogP contribution in [-0.2, 0) is 30.9 Å². The van der Waals surface area contributed by atoms with Crippen molar-refractivity contribution in [1.29, 1.82) is 0 Å². The average Bonchev–Trinajstić information content (AvgIpc) is 3.07. The highest BCUT2D eigenvalue weighted by molar-refractivity contribution is 7.89. The highest BCUT2D eigenvalue weighted by Gasteiger charge is 2.17. The van der Waals surface area contributed by atoms with E-state index in [9.17, 15) is 22.4 Å². The van der Waals surface area contributed by atoms with Gasteiger partial charge in [0.1, 0.15) is 24.7 Å². The van der Waals surface area contributed by atoms with Gasteiger partial charge in [-0.1, -0.05) is 0 Å². The Morgan fingerprint density at radius 3 is 2.48 bits per heavy atom. The van der Waals surface area contributed by atoms with Crippen LogP contribution in [0.25, 0.3) is 0 Å². The second kappa shape index (κ2) is 7.90. The minimum atomic E-state index is -3.97. The monoisotopic (exact) mass is 371 g/mol. The number of carbonyl (C=O) groups excluding carboxylic acids is 2. The highest BCUT2D eigenvalue weighted by Crippen LogP contribution is 2.11. The van der Waals surface area contributed by atoms with Gasteiger partial charge in [0, 0.05) is 0 Å². The normalized spacial score (nSPS) is 11.1. The van der Waals surface area contributed by atoms with E-state index in [0.717, 1.165) is 24.3 Å². The van der Waals surface area contributed by atoms with Gasteiger partial charge in [-0.05, 0) is 36.4 Å². The fraction of sp³-hybridized carbons (Fsp3) is 0.200. The van der Waals surface area contributed by atoms with Crippen molar-refractivity contribution in [3.63, 3.8) is 0 Å². The molecule has 8 nitrogen and oxygen atoms in total. The molecule has 2 rings (SSSR count). The van der Waals surface area contributed by atoms with E-state index in [0.29, 0.717) is 0 Å². The number of carbonyl (C=O) groups is 2. The second-order valence-electron chi connectivity index (χ2n) is 4.70. The molecule has 25 heavy (non-hydrogen) atoms. The van der Waals surface area contributed by atoms with Crippen molar-refractivity contribution >= 4 is 22.0 Å². The van der Waals surface area contributed by atoms with Crippen LogP contribution in [0.15, 0.2) is 45.7 Å². The molecule has 1 aromatic heterocycles. The first-order valence-electron chi connectivity index (χ1n) is 6.89. The lowest BCUT2D eigenvalue weighted by Gasteiger charge is -2.06. The number of rotatable bonds is 7. The van der Waals surface area contributed by atoms with Crippen molar-refractivity contribution in [2.24, 2.45) is 0 Å². The van der Waals surface area contributed by atoms with Crippen molar-refractivity contribution in [1.82, 2.24) is 4.72 Å². The third kappa shape index (κ3) is 5.13. The van der Waals surface area contributed by atoms with Crippen molar-refractivity contribution in [2.45, 2.75) is 11.5 Å². The third-order valence-corrected chi connectivity index (χ3v) is 4.37. The van der Waals surface area contributed by atoms with Gasteiger partial charge in [-0.2, -0.15) is 4.72 Å². The number of esters is 2. The average molecular weight is 371 g/mol. The first kappa shape index (κ1) is 18.6. The van der Waals surface area contributed by atoms with E-state index >= 15 is 0 Å². The fourth-order valence-electron chi connectivity index (χ4n) is 1.72. The highest BCUT2D eigenvalue weighted by atomic mass is 32.2. The minimum Gasteiger partial charge on any atom is -0.463 e. The standard InChI is InChI=1S/C15H14FNO7S/c1-22-15(19)13-7-4-11(24-13)9-23-14(18)8-17-25(20,21)12-5-2-10(16)3-6-12/h2-7,17H,8-9H2,1H3. The Kier molecular flexibility index (Phi) is 5.88. The van der Waals surface area contributed by atoms with Gasteiger partial charge in [0.25, 0.3) is 0 Å². The van der Waals surface area contributed by atoms with Crippen molar-refractivity contribution in [3.05, 3.63) is 53.7 Å². The molecule has 0 aliphatic carbocycles. The molecule has 0 radical (unpaired) electrons. The van der Waals surface area contributed by atoms with E-state index in [2.05, 4.69) is 4.74 Å². The SMILES string of the molecule is COC(=O)c1ccc(COC(=O)CNS(=O)(=O)c2ccc(F)cc2)o1. The zero-order valence-electron chi connectivity index (χ0n) is 13.0. The largest absolute Gasteiger partial charge is 0.463 e. The summed E-state index contributed by atoms with van der Waals surface area (Å²) in [6, 6.07) is 6.89. The van der Waals surface area contributed by atoms with Gasteiger partial charge in [0.05, 0.1) is 12.0 Å². The summed E-state index contributed by atoms with van der Waals surface area (Å²) in [5.41, 5.74) is 0. The number of benzene rings is 1. The van der Waals surface area contributed by atoms with Gasteiger partial charge < -0.3 is 13.9 Å². The number of ether oxygens (including phenoxy) is 2. The Labute approximate surface area is 142 Å². The first-order valence-corrected chi connectivity index (χ1v) is 8.38. The zero-order valence-corrected chi connectivity index (χ0v) is 13.8. The van der Waals surface area contributed by atoms with E-state index < -0.39 is 34.3 Å². The van der Waals surface area contributed by atoms with Gasteiger partial charge in [-0.25, -0.2) is 17.6 Å². The summed E-state index contributed by atoms with van der Waals surface area (Å²) in [6.45, 7) is -0.904. The summed E-state index contributed by atoms with van der Waals surface area (Å²) < 4.78 is 53.1. The maximum atomic E-state index is 12.8. The van der Waals surface area contributed by atoms with Crippen LogP contribution < -0.4 is 4.72 Å². The second-order valence-corrected chi connectivity index (χ2v) is 6.46. The van der Waals surface area contributed by atoms with E-state index in [-0.39, 0.29) is 23.0 Å². The molecule has 0 saturated heterocycles. The Bertz CT molecular complexity index is 858. The quantitative estimate of drug-likeness (QED) is 0.729. The van der Waals surface area contributed by atoms with Crippen molar-refractivity contribution in [2.75, 3.05) is 13.7 Å². The molecule has 1 N–H and O–H groups in total. The molecule has 10 heteroatoms. The van der Waals surface area contributed by atoms with Crippen molar-refractivity contribution < 1.29 is 36.3 Å². The maximum Gasteiger partial charge on any atom is 0.373 e. The van der Waals surface area contributed by atoms with E-state index in [1.807, 2.05) is 4.72 Å². The predicted octanol–water partition coefficient (Wildman–Crippen LogP) is 1.23. The molecule has 0 bridgehead atoms. The van der Waals surface area contributed by atoms with Gasteiger partial charge in [0.2, 0.25) is 15.8 Å². The van der Waals surface area contributed by atoms with Gasteiger partial charge >= 0.3 is 11.9 Å². The number of nitrogens with one attached hydrogen (secondary N) is 1. The molecule has 1 aromatic carbocycles. The Morgan fingerprint density at radius 1 is 1.16 bits per heavy atom. The molecule has 0 amide bonds. The summed E-state index contributed by atoms with van der Waals surface area (Å²) in [4.78, 5) is 22.6. The first-order chi connectivity index (χ1) is 11.8.